The van der Waals surface area contributed by atoms with Crippen LogP contribution in [0.2, 0.25) is 0 Å². The van der Waals surface area contributed by atoms with E-state index in [0.29, 0.717) is 15.6 Å². The third-order valence-electron chi connectivity index (χ3n) is 2.91. The highest BCUT2D eigenvalue weighted by Gasteiger charge is 2.23. The zero-order valence-corrected chi connectivity index (χ0v) is 13.0. The molecule has 0 aliphatic heterocycles. The second-order valence-corrected chi connectivity index (χ2v) is 5.45. The van der Waals surface area contributed by atoms with E-state index in [0.717, 1.165) is 22.5 Å². The molecule has 0 atom stereocenters. The van der Waals surface area contributed by atoms with Gasteiger partial charge >= 0.3 is 5.97 Å². The summed E-state index contributed by atoms with van der Waals surface area (Å²) in [6.45, 7) is 3.35. The summed E-state index contributed by atoms with van der Waals surface area (Å²) in [5.74, 6) is -0.186. The number of hydrogen-bond donors (Lipinski definition) is 0. The molecule has 0 unspecified atom stereocenters. The Bertz CT molecular complexity index is 706. The van der Waals surface area contributed by atoms with Crippen molar-refractivity contribution in [1.29, 1.82) is 0 Å². The van der Waals surface area contributed by atoms with Crippen LogP contribution < -0.4 is 4.74 Å². The minimum Gasteiger partial charge on any atom is -0.496 e. The smallest absolute Gasteiger partial charge is 0.358 e. The second kappa shape index (κ2) is 6.05. The van der Waals surface area contributed by atoms with Crippen molar-refractivity contribution in [2.75, 3.05) is 14.2 Å². The molecule has 0 fully saturated rings. The first-order chi connectivity index (χ1) is 9.97. The Labute approximate surface area is 126 Å². The van der Waals surface area contributed by atoms with E-state index >= 15 is 0 Å². The van der Waals surface area contributed by atoms with Crippen molar-refractivity contribution in [3.05, 3.63) is 34.3 Å². The Balaban J connectivity index is 2.60. The van der Waals surface area contributed by atoms with Crippen molar-refractivity contribution >= 4 is 23.1 Å². The number of aryl methyl sites for hydroxylation is 1. The summed E-state index contributed by atoms with van der Waals surface area (Å²) < 4.78 is 10.0. The molecule has 0 amide bonds. The van der Waals surface area contributed by atoms with Crippen LogP contribution in [0.15, 0.2) is 18.2 Å². The minimum absolute atomic E-state index is 0.0487. The standard InChI is InChI=1S/C15H15NO4S/c1-8-5-6-10(11(7-8)19-3)14-16-12(15(18)20-4)13(21-14)9(2)17/h5-7H,1-4H3. The number of ether oxygens (including phenoxy) is 2. The largest absolute Gasteiger partial charge is 0.496 e. The number of thiazole rings is 1. The first kappa shape index (κ1) is 15.2. The predicted molar refractivity (Wildman–Crippen MR) is 80.2 cm³/mol. The number of esters is 1. The van der Waals surface area contributed by atoms with Gasteiger partial charge < -0.3 is 9.47 Å². The molecular weight excluding hydrogens is 290 g/mol. The fraction of sp³-hybridized carbons (Fsp3) is 0.267. The number of benzene rings is 1. The van der Waals surface area contributed by atoms with E-state index in [1.807, 2.05) is 25.1 Å². The van der Waals surface area contributed by atoms with Gasteiger partial charge in [-0.25, -0.2) is 9.78 Å². The third kappa shape index (κ3) is 2.95. The van der Waals surface area contributed by atoms with E-state index < -0.39 is 5.97 Å². The van der Waals surface area contributed by atoms with E-state index in [2.05, 4.69) is 9.72 Å². The van der Waals surface area contributed by atoms with E-state index in [1.54, 1.807) is 7.11 Å². The maximum Gasteiger partial charge on any atom is 0.358 e. The Morgan fingerprint density at radius 2 is 1.95 bits per heavy atom. The average molecular weight is 305 g/mol. The van der Waals surface area contributed by atoms with Crippen LogP contribution in [0.25, 0.3) is 10.6 Å². The summed E-state index contributed by atoms with van der Waals surface area (Å²) in [5, 5.41) is 0.553. The van der Waals surface area contributed by atoms with Crippen molar-refractivity contribution in [1.82, 2.24) is 4.98 Å². The molecule has 2 rings (SSSR count). The van der Waals surface area contributed by atoms with Gasteiger partial charge in [-0.05, 0) is 24.6 Å². The average Bonchev–Trinajstić information content (AvgIpc) is 2.91. The lowest BCUT2D eigenvalue weighted by atomic mass is 10.1. The molecule has 1 aromatic carbocycles. The molecule has 0 aliphatic rings. The number of methoxy groups -OCH3 is 2. The molecule has 0 bridgehead atoms. The number of carbonyl (C=O) groups excluding carboxylic acids is 2. The van der Waals surface area contributed by atoms with Crippen LogP contribution in [-0.2, 0) is 4.74 Å². The maximum atomic E-state index is 11.7. The van der Waals surface area contributed by atoms with Gasteiger partial charge in [0.25, 0.3) is 0 Å². The van der Waals surface area contributed by atoms with Gasteiger partial charge in [-0.3, -0.25) is 4.79 Å². The molecule has 1 aromatic heterocycles. The Kier molecular flexibility index (Phi) is 4.37. The van der Waals surface area contributed by atoms with Crippen molar-refractivity contribution in [3.8, 4) is 16.3 Å². The SMILES string of the molecule is COC(=O)c1nc(-c2ccc(C)cc2OC)sc1C(C)=O. The van der Waals surface area contributed by atoms with Gasteiger partial charge in [0, 0.05) is 6.92 Å². The number of nitrogens with zero attached hydrogens (tertiary/aromatic N) is 1. The van der Waals surface area contributed by atoms with E-state index in [4.69, 9.17) is 4.74 Å². The van der Waals surface area contributed by atoms with Crippen molar-refractivity contribution in [3.63, 3.8) is 0 Å². The quantitative estimate of drug-likeness (QED) is 0.641. The van der Waals surface area contributed by atoms with Crippen LogP contribution in [0.1, 0.15) is 32.6 Å². The van der Waals surface area contributed by atoms with Gasteiger partial charge in [0.15, 0.2) is 11.5 Å². The third-order valence-corrected chi connectivity index (χ3v) is 4.10. The number of carbonyl (C=O) groups is 2. The number of Topliss-reactive ketones (excluding diaryl/α,β-unsaturated/α-hetero) is 1. The lowest BCUT2D eigenvalue weighted by molar-refractivity contribution is 0.0591. The minimum atomic E-state index is -0.617. The van der Waals surface area contributed by atoms with Crippen molar-refractivity contribution in [2.45, 2.75) is 13.8 Å². The maximum absolute atomic E-state index is 11.7. The van der Waals surface area contributed by atoms with Gasteiger partial charge in [0.2, 0.25) is 0 Å². The van der Waals surface area contributed by atoms with E-state index in [9.17, 15) is 9.59 Å². The van der Waals surface area contributed by atoms with Crippen LogP contribution >= 0.6 is 11.3 Å². The summed E-state index contributed by atoms with van der Waals surface area (Å²) in [7, 11) is 2.83. The topological polar surface area (TPSA) is 65.5 Å². The number of ketones is 1. The molecule has 0 saturated carbocycles. The normalized spacial score (nSPS) is 10.3. The summed E-state index contributed by atoms with van der Waals surface area (Å²) in [6, 6.07) is 5.66. The first-order valence-corrected chi connectivity index (χ1v) is 7.04. The van der Waals surface area contributed by atoms with E-state index in [1.165, 1.54) is 14.0 Å². The molecule has 0 radical (unpaired) electrons. The Hall–Kier alpha value is -2.21. The molecule has 110 valence electrons. The molecule has 21 heavy (non-hydrogen) atoms. The monoisotopic (exact) mass is 305 g/mol. The fourth-order valence-corrected chi connectivity index (χ4v) is 2.86. The number of aromatic nitrogens is 1. The lowest BCUT2D eigenvalue weighted by Gasteiger charge is -2.06. The predicted octanol–water partition coefficient (Wildman–Crippen LogP) is 3.12. The van der Waals surface area contributed by atoms with Gasteiger partial charge in [0.1, 0.15) is 15.6 Å². The Morgan fingerprint density at radius 3 is 2.52 bits per heavy atom. The molecule has 1 heterocycles. The first-order valence-electron chi connectivity index (χ1n) is 6.23. The van der Waals surface area contributed by atoms with Gasteiger partial charge in [-0.1, -0.05) is 6.07 Å². The van der Waals surface area contributed by atoms with Crippen LogP contribution in [0, 0.1) is 6.92 Å². The van der Waals surface area contributed by atoms with Crippen LogP contribution in [0.4, 0.5) is 0 Å². The molecule has 0 saturated heterocycles. The van der Waals surface area contributed by atoms with Crippen LogP contribution in [-0.4, -0.2) is 31.0 Å². The second-order valence-electron chi connectivity index (χ2n) is 4.45. The molecule has 6 heteroatoms. The molecule has 5 nitrogen and oxygen atoms in total. The fourth-order valence-electron chi connectivity index (χ4n) is 1.88. The zero-order chi connectivity index (χ0) is 15.6. The summed E-state index contributed by atoms with van der Waals surface area (Å²) >= 11 is 1.16. The van der Waals surface area contributed by atoms with Crippen LogP contribution in [0.3, 0.4) is 0 Å². The molecule has 0 N–H and O–H groups in total. The zero-order valence-electron chi connectivity index (χ0n) is 12.2. The number of rotatable bonds is 4. The van der Waals surface area contributed by atoms with Gasteiger partial charge in [0.05, 0.1) is 19.8 Å². The Morgan fingerprint density at radius 1 is 1.24 bits per heavy atom. The lowest BCUT2D eigenvalue weighted by Crippen LogP contribution is -2.06. The summed E-state index contributed by atoms with van der Waals surface area (Å²) in [4.78, 5) is 27.9. The van der Waals surface area contributed by atoms with Gasteiger partial charge in [-0.15, -0.1) is 11.3 Å². The molecular formula is C15H15NO4S. The molecule has 0 aliphatic carbocycles. The van der Waals surface area contributed by atoms with E-state index in [-0.39, 0.29) is 11.5 Å². The van der Waals surface area contributed by atoms with Crippen molar-refractivity contribution < 1.29 is 19.1 Å². The highest BCUT2D eigenvalue weighted by molar-refractivity contribution is 7.17. The highest BCUT2D eigenvalue weighted by Crippen LogP contribution is 2.35. The molecule has 2 aromatic rings. The summed E-state index contributed by atoms with van der Waals surface area (Å²) in [5.41, 5.74) is 1.84. The van der Waals surface area contributed by atoms with Crippen molar-refractivity contribution in [2.24, 2.45) is 0 Å². The number of hydrogen-bond acceptors (Lipinski definition) is 6. The molecule has 0 spiro atoms. The van der Waals surface area contributed by atoms with Crippen LogP contribution in [0.5, 0.6) is 5.75 Å². The highest BCUT2D eigenvalue weighted by atomic mass is 32.1. The van der Waals surface area contributed by atoms with Gasteiger partial charge in [-0.2, -0.15) is 0 Å². The summed E-state index contributed by atoms with van der Waals surface area (Å²) in [6.07, 6.45) is 0.